The van der Waals surface area contributed by atoms with Crippen molar-refractivity contribution in [1.82, 2.24) is 9.80 Å². The van der Waals surface area contributed by atoms with E-state index in [1.54, 1.807) is 0 Å². The summed E-state index contributed by atoms with van der Waals surface area (Å²) in [4.78, 5) is 17.1. The molecule has 1 aromatic rings. The summed E-state index contributed by atoms with van der Waals surface area (Å²) in [6.45, 7) is 7.58. The highest BCUT2D eigenvalue weighted by Gasteiger charge is 2.38. The molecule has 2 aliphatic heterocycles. The molecule has 0 aromatic heterocycles. The molecule has 2 fully saturated rings. The maximum Gasteiger partial charge on any atom is 0.227 e. The van der Waals surface area contributed by atoms with Crippen molar-refractivity contribution in [1.29, 1.82) is 0 Å². The Morgan fingerprint density at radius 1 is 1.09 bits per heavy atom. The number of benzene rings is 1. The van der Waals surface area contributed by atoms with Gasteiger partial charge in [-0.05, 0) is 62.9 Å². The van der Waals surface area contributed by atoms with Crippen LogP contribution < -0.4 is 0 Å². The van der Waals surface area contributed by atoms with E-state index >= 15 is 0 Å². The molecular weight excluding hydrogens is 308 g/mol. The minimum Gasteiger partial charge on any atom is -0.338 e. The van der Waals surface area contributed by atoms with Crippen molar-refractivity contribution in [3.05, 3.63) is 34.9 Å². The van der Waals surface area contributed by atoms with Crippen LogP contribution >= 0.6 is 12.4 Å². The molecule has 4 heteroatoms. The number of halogens is 1. The van der Waals surface area contributed by atoms with Crippen LogP contribution in [0.1, 0.15) is 48.4 Å². The second kappa shape index (κ2) is 7.67. The van der Waals surface area contributed by atoms with Crippen molar-refractivity contribution < 1.29 is 4.79 Å². The SMILES string of the molecule is Cc1ccc([C@@H]2C[C@H](CN3CCCCC3)C(=O)N2C)cc1C.Cl. The molecule has 1 amide bonds. The topological polar surface area (TPSA) is 23.6 Å². The molecule has 0 saturated carbocycles. The van der Waals surface area contributed by atoms with E-state index in [0.717, 1.165) is 13.0 Å². The van der Waals surface area contributed by atoms with Crippen LogP contribution in [0, 0.1) is 19.8 Å². The van der Waals surface area contributed by atoms with Gasteiger partial charge in [-0.3, -0.25) is 4.79 Å². The first-order valence-electron chi connectivity index (χ1n) is 8.62. The summed E-state index contributed by atoms with van der Waals surface area (Å²) in [6.07, 6.45) is 4.89. The number of carbonyl (C=O) groups excluding carboxylic acids is 1. The Balaban J connectivity index is 0.00000192. The van der Waals surface area contributed by atoms with Crippen LogP contribution in [0.2, 0.25) is 0 Å². The number of rotatable bonds is 3. The highest BCUT2D eigenvalue weighted by atomic mass is 35.5. The summed E-state index contributed by atoms with van der Waals surface area (Å²) in [7, 11) is 1.97. The molecule has 2 atom stereocenters. The van der Waals surface area contributed by atoms with Crippen molar-refractivity contribution in [3.8, 4) is 0 Å². The normalized spacial score (nSPS) is 25.5. The van der Waals surface area contributed by atoms with Gasteiger partial charge in [0.1, 0.15) is 0 Å². The largest absolute Gasteiger partial charge is 0.338 e. The first-order chi connectivity index (χ1) is 10.6. The molecule has 2 heterocycles. The Labute approximate surface area is 146 Å². The van der Waals surface area contributed by atoms with Crippen LogP contribution in [-0.2, 0) is 4.79 Å². The van der Waals surface area contributed by atoms with Crippen LogP contribution in [0.4, 0.5) is 0 Å². The number of piperidine rings is 1. The molecule has 1 aromatic carbocycles. The number of aryl methyl sites for hydroxylation is 2. The van der Waals surface area contributed by atoms with E-state index in [1.165, 1.54) is 49.0 Å². The van der Waals surface area contributed by atoms with Gasteiger partial charge >= 0.3 is 0 Å². The molecule has 23 heavy (non-hydrogen) atoms. The predicted molar refractivity (Wildman–Crippen MR) is 97.1 cm³/mol. The summed E-state index contributed by atoms with van der Waals surface area (Å²) in [5.74, 6) is 0.503. The van der Waals surface area contributed by atoms with Gasteiger partial charge in [0, 0.05) is 13.6 Å². The molecule has 0 N–H and O–H groups in total. The number of nitrogens with zero attached hydrogens (tertiary/aromatic N) is 2. The monoisotopic (exact) mass is 336 g/mol. The average molecular weight is 337 g/mol. The van der Waals surface area contributed by atoms with Crippen molar-refractivity contribution >= 4 is 18.3 Å². The fourth-order valence-corrected chi connectivity index (χ4v) is 3.91. The zero-order valence-corrected chi connectivity index (χ0v) is 15.4. The lowest BCUT2D eigenvalue weighted by Gasteiger charge is -2.28. The molecule has 0 unspecified atom stereocenters. The van der Waals surface area contributed by atoms with Gasteiger partial charge in [0.05, 0.1) is 12.0 Å². The molecule has 2 aliphatic rings. The standard InChI is InChI=1S/C19H28N2O.ClH/c1-14-7-8-16(11-15(14)2)18-12-17(19(22)20(18)3)13-21-9-5-4-6-10-21;/h7-8,11,17-18H,4-6,9-10,12-13H2,1-3H3;1H/t17-,18+;/m1./s1. The number of hydrogen-bond acceptors (Lipinski definition) is 2. The molecule has 0 bridgehead atoms. The molecule has 128 valence electrons. The van der Waals surface area contributed by atoms with E-state index in [-0.39, 0.29) is 24.4 Å². The highest BCUT2D eigenvalue weighted by molar-refractivity contribution is 5.85. The fraction of sp³-hybridized carbons (Fsp3) is 0.632. The molecule has 2 saturated heterocycles. The van der Waals surface area contributed by atoms with Gasteiger partial charge in [-0.25, -0.2) is 0 Å². The van der Waals surface area contributed by atoms with Gasteiger partial charge in [0.25, 0.3) is 0 Å². The Morgan fingerprint density at radius 2 is 1.78 bits per heavy atom. The summed E-state index contributed by atoms with van der Waals surface area (Å²) in [6, 6.07) is 6.88. The van der Waals surface area contributed by atoms with Crippen molar-refractivity contribution in [3.63, 3.8) is 0 Å². The Hall–Kier alpha value is -1.06. The Morgan fingerprint density at radius 3 is 2.43 bits per heavy atom. The van der Waals surface area contributed by atoms with Gasteiger partial charge < -0.3 is 9.80 Å². The predicted octanol–water partition coefficient (Wildman–Crippen LogP) is 3.73. The summed E-state index contributed by atoms with van der Waals surface area (Å²) < 4.78 is 0. The van der Waals surface area contributed by atoms with Gasteiger partial charge in [-0.15, -0.1) is 12.4 Å². The van der Waals surface area contributed by atoms with Crippen LogP contribution in [0.3, 0.4) is 0 Å². The third-order valence-corrected chi connectivity index (χ3v) is 5.52. The minimum atomic E-state index is 0. The third kappa shape index (κ3) is 3.89. The third-order valence-electron chi connectivity index (χ3n) is 5.52. The van der Waals surface area contributed by atoms with Gasteiger partial charge in [-0.1, -0.05) is 24.6 Å². The van der Waals surface area contributed by atoms with E-state index < -0.39 is 0 Å². The zero-order chi connectivity index (χ0) is 15.7. The summed E-state index contributed by atoms with van der Waals surface area (Å²) in [5, 5.41) is 0. The van der Waals surface area contributed by atoms with Crippen LogP contribution in [0.15, 0.2) is 18.2 Å². The molecule has 0 aliphatic carbocycles. The van der Waals surface area contributed by atoms with Crippen LogP contribution in [0.5, 0.6) is 0 Å². The second-order valence-corrected chi connectivity index (χ2v) is 7.10. The number of likely N-dealkylation sites (tertiary alicyclic amines) is 2. The lowest BCUT2D eigenvalue weighted by molar-refractivity contribution is -0.131. The quantitative estimate of drug-likeness (QED) is 0.839. The van der Waals surface area contributed by atoms with Gasteiger partial charge in [0.15, 0.2) is 0 Å². The zero-order valence-electron chi connectivity index (χ0n) is 14.5. The number of carbonyl (C=O) groups is 1. The maximum absolute atomic E-state index is 12.6. The Bertz CT molecular complexity index is 554. The fourth-order valence-electron chi connectivity index (χ4n) is 3.91. The average Bonchev–Trinajstić information content (AvgIpc) is 2.80. The Kier molecular flexibility index (Phi) is 6.10. The van der Waals surface area contributed by atoms with E-state index in [9.17, 15) is 4.79 Å². The molecule has 3 nitrogen and oxygen atoms in total. The van der Waals surface area contributed by atoms with E-state index in [4.69, 9.17) is 0 Å². The van der Waals surface area contributed by atoms with Crippen molar-refractivity contribution in [2.75, 3.05) is 26.7 Å². The number of hydrogen-bond donors (Lipinski definition) is 0. The lowest BCUT2D eigenvalue weighted by Crippen LogP contribution is -2.36. The summed E-state index contributed by atoms with van der Waals surface area (Å²) >= 11 is 0. The van der Waals surface area contributed by atoms with Crippen molar-refractivity contribution in [2.24, 2.45) is 5.92 Å². The van der Waals surface area contributed by atoms with E-state index in [1.807, 2.05) is 11.9 Å². The number of amides is 1. The highest BCUT2D eigenvalue weighted by Crippen LogP contribution is 2.36. The van der Waals surface area contributed by atoms with Gasteiger partial charge in [0.2, 0.25) is 5.91 Å². The van der Waals surface area contributed by atoms with E-state index in [2.05, 4.69) is 36.9 Å². The molecule has 3 rings (SSSR count). The minimum absolute atomic E-state index is 0. The molecule has 0 spiro atoms. The van der Waals surface area contributed by atoms with Crippen LogP contribution in [-0.4, -0.2) is 42.4 Å². The second-order valence-electron chi connectivity index (χ2n) is 7.10. The first-order valence-corrected chi connectivity index (χ1v) is 8.62. The van der Waals surface area contributed by atoms with Gasteiger partial charge in [-0.2, -0.15) is 0 Å². The smallest absolute Gasteiger partial charge is 0.227 e. The molecule has 0 radical (unpaired) electrons. The van der Waals surface area contributed by atoms with E-state index in [0.29, 0.717) is 5.91 Å². The summed E-state index contributed by atoms with van der Waals surface area (Å²) in [5.41, 5.74) is 3.93. The van der Waals surface area contributed by atoms with Crippen LogP contribution in [0.25, 0.3) is 0 Å². The maximum atomic E-state index is 12.6. The van der Waals surface area contributed by atoms with Crippen molar-refractivity contribution in [2.45, 2.75) is 45.6 Å². The first kappa shape index (κ1) is 18.3. The molecular formula is C19H29ClN2O. The lowest BCUT2D eigenvalue weighted by atomic mass is 9.96.